The van der Waals surface area contributed by atoms with E-state index in [9.17, 15) is 4.39 Å². The van der Waals surface area contributed by atoms with E-state index >= 15 is 0 Å². The molecule has 0 nitrogen and oxygen atoms in total. The minimum atomic E-state index is 0.118. The van der Waals surface area contributed by atoms with Crippen molar-refractivity contribution in [1.29, 1.82) is 0 Å². The van der Waals surface area contributed by atoms with Gasteiger partial charge in [0, 0.05) is 0 Å². The Morgan fingerprint density at radius 1 is 1.14 bits per heavy atom. The molecule has 0 N–H and O–H groups in total. The molecule has 0 heterocycles. The third-order valence-electron chi connectivity index (χ3n) is 8.30. The summed E-state index contributed by atoms with van der Waals surface area (Å²) in [6.07, 6.45) is 14.5. The molecule has 22 heavy (non-hydrogen) atoms. The molecule has 0 aromatic heterocycles. The average molecular weight is 302 g/mol. The van der Waals surface area contributed by atoms with E-state index in [-0.39, 0.29) is 11.2 Å². The van der Waals surface area contributed by atoms with Crippen LogP contribution in [-0.2, 0) is 0 Å². The molecular formula is C21H31F. The quantitative estimate of drug-likeness (QED) is 0.523. The van der Waals surface area contributed by atoms with E-state index in [4.69, 9.17) is 0 Å². The lowest BCUT2D eigenvalue weighted by Gasteiger charge is -2.56. The fourth-order valence-corrected chi connectivity index (χ4v) is 7.05. The van der Waals surface area contributed by atoms with Crippen molar-refractivity contribution in [2.75, 3.05) is 0 Å². The van der Waals surface area contributed by atoms with Gasteiger partial charge < -0.3 is 0 Å². The molecule has 0 aliphatic heterocycles. The van der Waals surface area contributed by atoms with Gasteiger partial charge in [0.2, 0.25) is 0 Å². The predicted molar refractivity (Wildman–Crippen MR) is 90.1 cm³/mol. The maximum absolute atomic E-state index is 14.9. The van der Waals surface area contributed by atoms with Crippen molar-refractivity contribution in [2.45, 2.75) is 72.1 Å². The fourth-order valence-electron chi connectivity index (χ4n) is 7.05. The third-order valence-corrected chi connectivity index (χ3v) is 8.30. The van der Waals surface area contributed by atoms with Crippen molar-refractivity contribution in [1.82, 2.24) is 0 Å². The molecule has 0 spiro atoms. The standard InChI is InChI=1S/C21H31F/c1-4-14-8-9-16-15-13-19(22)18-7-5-6-11-21(18,3)17(15)10-12-20(14,16)2/h7,13-17H,4-6,8-12H2,1-3H3/t14-,15-,16-,17-,20+,21+/m0/s1. The molecule has 6 atom stereocenters. The van der Waals surface area contributed by atoms with E-state index in [1.165, 1.54) is 44.9 Å². The van der Waals surface area contributed by atoms with Gasteiger partial charge in [-0.15, -0.1) is 0 Å². The van der Waals surface area contributed by atoms with E-state index in [0.717, 1.165) is 23.8 Å². The zero-order chi connectivity index (χ0) is 15.5. The highest BCUT2D eigenvalue weighted by atomic mass is 19.1. The first kappa shape index (κ1) is 15.0. The molecule has 2 saturated carbocycles. The van der Waals surface area contributed by atoms with Crippen molar-refractivity contribution in [2.24, 2.45) is 34.5 Å². The number of hydrogen-bond acceptors (Lipinski definition) is 0. The Morgan fingerprint density at radius 2 is 1.95 bits per heavy atom. The van der Waals surface area contributed by atoms with Crippen molar-refractivity contribution in [3.63, 3.8) is 0 Å². The Kier molecular flexibility index (Phi) is 3.37. The zero-order valence-electron chi connectivity index (χ0n) is 14.5. The van der Waals surface area contributed by atoms with Gasteiger partial charge in [-0.25, -0.2) is 4.39 Å². The molecular weight excluding hydrogens is 271 g/mol. The highest BCUT2D eigenvalue weighted by Crippen LogP contribution is 2.66. The van der Waals surface area contributed by atoms with Crippen LogP contribution in [0.25, 0.3) is 0 Å². The first-order valence-corrected chi connectivity index (χ1v) is 9.59. The minimum absolute atomic E-state index is 0.118. The van der Waals surface area contributed by atoms with Gasteiger partial charge in [0.05, 0.1) is 0 Å². The van der Waals surface area contributed by atoms with Crippen LogP contribution < -0.4 is 0 Å². The van der Waals surface area contributed by atoms with Crippen molar-refractivity contribution >= 4 is 0 Å². The summed E-state index contributed by atoms with van der Waals surface area (Å²) in [6.45, 7) is 7.25. The molecule has 4 aliphatic carbocycles. The SMILES string of the molecule is CC[C@H]1CC[C@H]2[C@@H]3C=C(F)C4=CCCC[C@]4(C)[C@H]3CC[C@]12C. The lowest BCUT2D eigenvalue weighted by atomic mass is 9.48. The van der Waals surface area contributed by atoms with Crippen LogP contribution in [0.15, 0.2) is 23.6 Å². The van der Waals surface area contributed by atoms with Crippen LogP contribution in [0.5, 0.6) is 0 Å². The maximum atomic E-state index is 14.9. The van der Waals surface area contributed by atoms with Crippen LogP contribution in [-0.4, -0.2) is 0 Å². The van der Waals surface area contributed by atoms with E-state index in [1.54, 1.807) is 0 Å². The molecule has 4 aliphatic rings. The molecule has 122 valence electrons. The van der Waals surface area contributed by atoms with E-state index in [0.29, 0.717) is 17.3 Å². The Labute approximate surface area is 135 Å². The third kappa shape index (κ3) is 1.80. The van der Waals surface area contributed by atoms with Gasteiger partial charge in [0.1, 0.15) is 5.83 Å². The van der Waals surface area contributed by atoms with Crippen molar-refractivity contribution < 1.29 is 4.39 Å². The Morgan fingerprint density at radius 3 is 2.73 bits per heavy atom. The van der Waals surface area contributed by atoms with Gasteiger partial charge in [-0.1, -0.05) is 33.3 Å². The summed E-state index contributed by atoms with van der Waals surface area (Å²) < 4.78 is 14.9. The highest BCUT2D eigenvalue weighted by Gasteiger charge is 2.58. The van der Waals surface area contributed by atoms with Crippen LogP contribution in [0.3, 0.4) is 0 Å². The van der Waals surface area contributed by atoms with Crippen LogP contribution in [0.4, 0.5) is 4.39 Å². The molecule has 1 heteroatoms. The molecule has 2 fully saturated rings. The second-order valence-corrected chi connectivity index (χ2v) is 8.96. The Balaban J connectivity index is 1.76. The highest BCUT2D eigenvalue weighted by molar-refractivity contribution is 5.39. The fraction of sp³-hybridized carbons (Fsp3) is 0.810. The summed E-state index contributed by atoms with van der Waals surface area (Å²) in [6, 6.07) is 0. The van der Waals surface area contributed by atoms with E-state index in [1.807, 2.05) is 0 Å². The van der Waals surface area contributed by atoms with Crippen LogP contribution in [0.2, 0.25) is 0 Å². The molecule has 4 rings (SSSR count). The lowest BCUT2D eigenvalue weighted by molar-refractivity contribution is -0.0189. The summed E-state index contributed by atoms with van der Waals surface area (Å²) in [7, 11) is 0. The first-order valence-electron chi connectivity index (χ1n) is 9.59. The monoisotopic (exact) mass is 302 g/mol. The van der Waals surface area contributed by atoms with Gasteiger partial charge in [-0.2, -0.15) is 0 Å². The average Bonchev–Trinajstić information content (AvgIpc) is 2.84. The molecule has 0 saturated heterocycles. The number of fused-ring (bicyclic) bond motifs is 5. The zero-order valence-corrected chi connectivity index (χ0v) is 14.5. The molecule has 0 aromatic carbocycles. The normalized spacial score (nSPS) is 50.5. The van der Waals surface area contributed by atoms with Gasteiger partial charge >= 0.3 is 0 Å². The van der Waals surface area contributed by atoms with E-state index in [2.05, 4.69) is 32.9 Å². The number of halogens is 1. The smallest absolute Gasteiger partial charge is 0.122 e. The summed E-state index contributed by atoms with van der Waals surface area (Å²) in [5, 5.41) is 0. The second kappa shape index (κ2) is 4.95. The van der Waals surface area contributed by atoms with Crippen molar-refractivity contribution in [3.05, 3.63) is 23.6 Å². The van der Waals surface area contributed by atoms with Gasteiger partial charge in [-0.3, -0.25) is 0 Å². The van der Waals surface area contributed by atoms with Gasteiger partial charge in [0.15, 0.2) is 0 Å². The molecule has 0 unspecified atom stereocenters. The van der Waals surface area contributed by atoms with E-state index < -0.39 is 0 Å². The summed E-state index contributed by atoms with van der Waals surface area (Å²) in [4.78, 5) is 0. The minimum Gasteiger partial charge on any atom is -0.207 e. The molecule has 0 aromatic rings. The molecule has 0 bridgehead atoms. The number of hydrogen-bond donors (Lipinski definition) is 0. The maximum Gasteiger partial charge on any atom is 0.122 e. The van der Waals surface area contributed by atoms with Gasteiger partial charge in [-0.05, 0) is 91.1 Å². The second-order valence-electron chi connectivity index (χ2n) is 8.96. The molecule has 0 amide bonds. The molecule has 0 radical (unpaired) electrons. The topological polar surface area (TPSA) is 0 Å². The van der Waals surface area contributed by atoms with Crippen LogP contribution in [0.1, 0.15) is 72.1 Å². The number of rotatable bonds is 1. The first-order chi connectivity index (χ1) is 10.5. The lowest BCUT2D eigenvalue weighted by Crippen LogP contribution is -2.49. The predicted octanol–water partition coefficient (Wildman–Crippen LogP) is 6.44. The summed E-state index contributed by atoms with van der Waals surface area (Å²) in [5.74, 6) is 2.91. The largest absolute Gasteiger partial charge is 0.207 e. The Hall–Kier alpha value is -0.590. The number of allylic oxidation sites excluding steroid dienone is 4. The van der Waals surface area contributed by atoms with Crippen molar-refractivity contribution in [3.8, 4) is 0 Å². The Bertz CT molecular complexity index is 530. The van der Waals surface area contributed by atoms with Crippen LogP contribution in [0, 0.1) is 34.5 Å². The van der Waals surface area contributed by atoms with Gasteiger partial charge in [0.25, 0.3) is 0 Å². The summed E-state index contributed by atoms with van der Waals surface area (Å²) >= 11 is 0. The van der Waals surface area contributed by atoms with Crippen LogP contribution >= 0.6 is 0 Å². The summed E-state index contributed by atoms with van der Waals surface area (Å²) in [5.41, 5.74) is 1.65.